The summed E-state index contributed by atoms with van der Waals surface area (Å²) in [6, 6.07) is 25.6. The summed E-state index contributed by atoms with van der Waals surface area (Å²) in [7, 11) is 0. The number of aryl methyl sites for hydroxylation is 1. The summed E-state index contributed by atoms with van der Waals surface area (Å²) in [5.41, 5.74) is 6.98. The number of amides is 1. The molecule has 2 heterocycles. The van der Waals surface area contributed by atoms with Crippen LogP contribution < -0.4 is 9.75 Å². The SMILES string of the molecule is CC1=NN(c2ccccc2)C(=O)/C1=C/c1cc(C)n(-c2ccc(OCc3ccc(F)cc3)cc2)c1C. The van der Waals surface area contributed by atoms with Crippen LogP contribution in [-0.4, -0.2) is 16.2 Å². The average molecular weight is 480 g/mol. The molecule has 36 heavy (non-hydrogen) atoms. The summed E-state index contributed by atoms with van der Waals surface area (Å²) in [5.74, 6) is 0.340. The smallest absolute Gasteiger partial charge is 0.280 e. The Labute approximate surface area is 209 Å². The number of para-hydroxylation sites is 1. The van der Waals surface area contributed by atoms with E-state index in [0.29, 0.717) is 17.9 Å². The van der Waals surface area contributed by atoms with Gasteiger partial charge in [0, 0.05) is 17.1 Å². The molecule has 0 aliphatic carbocycles. The van der Waals surface area contributed by atoms with Crippen LogP contribution in [0.25, 0.3) is 11.8 Å². The van der Waals surface area contributed by atoms with Gasteiger partial charge in [-0.05, 0) is 92.6 Å². The first-order valence-electron chi connectivity index (χ1n) is 11.7. The minimum atomic E-state index is -0.260. The van der Waals surface area contributed by atoms with Gasteiger partial charge < -0.3 is 9.30 Å². The fraction of sp³-hybridized carbons (Fsp3) is 0.133. The number of hydrogen-bond acceptors (Lipinski definition) is 3. The maximum absolute atomic E-state index is 13.1. The third-order valence-electron chi connectivity index (χ3n) is 6.25. The molecule has 0 atom stereocenters. The van der Waals surface area contributed by atoms with Gasteiger partial charge >= 0.3 is 0 Å². The number of rotatable bonds is 6. The number of carbonyl (C=O) groups is 1. The Kier molecular flexibility index (Phi) is 6.25. The lowest BCUT2D eigenvalue weighted by Crippen LogP contribution is -2.21. The lowest BCUT2D eigenvalue weighted by Gasteiger charge is -2.12. The summed E-state index contributed by atoms with van der Waals surface area (Å²) in [6.45, 7) is 6.31. The number of carbonyl (C=O) groups excluding carboxylic acids is 1. The highest BCUT2D eigenvalue weighted by molar-refractivity contribution is 6.32. The van der Waals surface area contributed by atoms with Crippen LogP contribution in [0.3, 0.4) is 0 Å². The first-order valence-corrected chi connectivity index (χ1v) is 11.7. The number of anilines is 1. The van der Waals surface area contributed by atoms with Crippen molar-refractivity contribution in [2.75, 3.05) is 5.01 Å². The molecule has 5 nitrogen and oxygen atoms in total. The predicted octanol–water partition coefficient (Wildman–Crippen LogP) is 6.62. The van der Waals surface area contributed by atoms with Gasteiger partial charge in [0.2, 0.25) is 0 Å². The van der Waals surface area contributed by atoms with Crippen LogP contribution in [-0.2, 0) is 11.4 Å². The van der Waals surface area contributed by atoms with E-state index in [2.05, 4.69) is 15.7 Å². The number of nitrogens with zero attached hydrogens (tertiary/aromatic N) is 3. The van der Waals surface area contributed by atoms with E-state index in [4.69, 9.17) is 4.74 Å². The van der Waals surface area contributed by atoms with E-state index in [0.717, 1.165) is 39.6 Å². The number of hydrazone groups is 1. The molecule has 5 rings (SSSR count). The molecule has 0 fully saturated rings. The number of ether oxygens (including phenoxy) is 1. The Hall–Kier alpha value is -4.45. The maximum Gasteiger partial charge on any atom is 0.280 e. The molecule has 3 aromatic carbocycles. The van der Waals surface area contributed by atoms with Crippen LogP contribution >= 0.6 is 0 Å². The van der Waals surface area contributed by atoms with Crippen LogP contribution in [0, 0.1) is 19.7 Å². The van der Waals surface area contributed by atoms with Gasteiger partial charge in [-0.25, -0.2) is 4.39 Å². The van der Waals surface area contributed by atoms with E-state index in [9.17, 15) is 9.18 Å². The summed E-state index contributed by atoms with van der Waals surface area (Å²) in [6.07, 6.45) is 1.92. The van der Waals surface area contributed by atoms with Crippen molar-refractivity contribution < 1.29 is 13.9 Å². The first kappa shape index (κ1) is 23.3. The second-order valence-electron chi connectivity index (χ2n) is 8.77. The van der Waals surface area contributed by atoms with E-state index in [1.807, 2.05) is 81.4 Å². The van der Waals surface area contributed by atoms with E-state index >= 15 is 0 Å². The van der Waals surface area contributed by atoms with Gasteiger partial charge in [0.15, 0.2) is 0 Å². The van der Waals surface area contributed by atoms with Crippen molar-refractivity contribution in [3.8, 4) is 11.4 Å². The van der Waals surface area contributed by atoms with Crippen molar-refractivity contribution in [3.05, 3.63) is 119 Å². The van der Waals surface area contributed by atoms with Gasteiger partial charge in [0.05, 0.1) is 17.0 Å². The highest BCUT2D eigenvalue weighted by Crippen LogP contribution is 2.28. The van der Waals surface area contributed by atoms with E-state index in [1.54, 1.807) is 12.1 Å². The van der Waals surface area contributed by atoms with Crippen molar-refractivity contribution >= 4 is 23.4 Å². The normalized spacial score (nSPS) is 14.4. The molecule has 0 bridgehead atoms. The van der Waals surface area contributed by atoms with Crippen LogP contribution in [0.15, 0.2) is 95.6 Å². The number of aromatic nitrogens is 1. The monoisotopic (exact) mass is 479 g/mol. The lowest BCUT2D eigenvalue weighted by atomic mass is 10.1. The van der Waals surface area contributed by atoms with Crippen molar-refractivity contribution in [3.63, 3.8) is 0 Å². The fourth-order valence-electron chi connectivity index (χ4n) is 4.35. The molecule has 6 heteroatoms. The van der Waals surface area contributed by atoms with Crippen LogP contribution in [0.5, 0.6) is 5.75 Å². The molecule has 0 radical (unpaired) electrons. The van der Waals surface area contributed by atoms with E-state index in [-0.39, 0.29) is 11.7 Å². The molecule has 1 aromatic heterocycles. The largest absolute Gasteiger partial charge is 0.489 e. The number of hydrogen-bond donors (Lipinski definition) is 0. The Morgan fingerprint density at radius 1 is 0.889 bits per heavy atom. The topological polar surface area (TPSA) is 46.8 Å². The summed E-state index contributed by atoms with van der Waals surface area (Å²) >= 11 is 0. The van der Waals surface area contributed by atoms with E-state index in [1.165, 1.54) is 17.1 Å². The van der Waals surface area contributed by atoms with Gasteiger partial charge in [0.25, 0.3) is 5.91 Å². The third kappa shape index (κ3) is 4.58. The molecule has 0 saturated carbocycles. The Balaban J connectivity index is 1.36. The number of halogens is 1. The van der Waals surface area contributed by atoms with Crippen LogP contribution in [0.2, 0.25) is 0 Å². The molecule has 1 amide bonds. The van der Waals surface area contributed by atoms with Crippen LogP contribution in [0.1, 0.15) is 29.4 Å². The predicted molar refractivity (Wildman–Crippen MR) is 141 cm³/mol. The molecular weight excluding hydrogens is 453 g/mol. The maximum atomic E-state index is 13.1. The van der Waals surface area contributed by atoms with Crippen LogP contribution in [0.4, 0.5) is 10.1 Å². The molecule has 0 unspecified atom stereocenters. The second-order valence-corrected chi connectivity index (χ2v) is 8.77. The molecule has 4 aromatic rings. The molecule has 1 aliphatic rings. The summed E-state index contributed by atoms with van der Waals surface area (Å²) in [5, 5.41) is 5.93. The highest BCUT2D eigenvalue weighted by Gasteiger charge is 2.29. The molecule has 0 saturated heterocycles. The molecule has 0 spiro atoms. The van der Waals surface area contributed by atoms with Gasteiger partial charge in [-0.1, -0.05) is 30.3 Å². The minimum absolute atomic E-state index is 0.133. The molecule has 180 valence electrons. The zero-order valence-corrected chi connectivity index (χ0v) is 20.4. The third-order valence-corrected chi connectivity index (χ3v) is 6.25. The summed E-state index contributed by atoms with van der Waals surface area (Å²) in [4.78, 5) is 13.1. The van der Waals surface area contributed by atoms with Crippen molar-refractivity contribution in [2.24, 2.45) is 5.10 Å². The van der Waals surface area contributed by atoms with Crippen molar-refractivity contribution in [1.29, 1.82) is 0 Å². The lowest BCUT2D eigenvalue weighted by molar-refractivity contribution is -0.114. The van der Waals surface area contributed by atoms with Gasteiger partial charge in [0.1, 0.15) is 18.2 Å². The zero-order chi connectivity index (χ0) is 25.2. The van der Waals surface area contributed by atoms with Gasteiger partial charge in [-0.2, -0.15) is 10.1 Å². The average Bonchev–Trinajstić information content (AvgIpc) is 3.33. The minimum Gasteiger partial charge on any atom is -0.489 e. The molecule has 1 aliphatic heterocycles. The van der Waals surface area contributed by atoms with Crippen molar-refractivity contribution in [1.82, 2.24) is 4.57 Å². The number of benzene rings is 3. The Bertz CT molecular complexity index is 1470. The second kappa shape index (κ2) is 9.66. The van der Waals surface area contributed by atoms with Crippen molar-refractivity contribution in [2.45, 2.75) is 27.4 Å². The van der Waals surface area contributed by atoms with E-state index < -0.39 is 0 Å². The highest BCUT2D eigenvalue weighted by atomic mass is 19.1. The fourth-order valence-corrected chi connectivity index (χ4v) is 4.35. The zero-order valence-electron chi connectivity index (χ0n) is 20.4. The first-order chi connectivity index (χ1) is 17.4. The molecule has 0 N–H and O–H groups in total. The molecular formula is C30H26FN3O2. The standard InChI is InChI=1S/C30H26FN3O2/c1-20-17-24(18-29-21(2)32-34(30(29)35)27-7-5-4-6-8-27)22(3)33(20)26-13-15-28(16-14-26)36-19-23-9-11-25(31)12-10-23/h4-18H,19H2,1-3H3/b29-18+. The summed E-state index contributed by atoms with van der Waals surface area (Å²) < 4.78 is 21.1. The quantitative estimate of drug-likeness (QED) is 0.292. The van der Waals surface area contributed by atoms with Gasteiger partial charge in [-0.3, -0.25) is 4.79 Å². The Morgan fingerprint density at radius 2 is 1.58 bits per heavy atom. The van der Waals surface area contributed by atoms with Gasteiger partial charge in [-0.15, -0.1) is 0 Å². The Morgan fingerprint density at radius 3 is 2.28 bits per heavy atom.